The van der Waals surface area contributed by atoms with Crippen molar-refractivity contribution < 1.29 is 23.0 Å². The molecule has 0 aliphatic carbocycles. The van der Waals surface area contributed by atoms with Crippen LogP contribution in [0.15, 0.2) is 102 Å². The summed E-state index contributed by atoms with van der Waals surface area (Å²) in [6.45, 7) is 0. The summed E-state index contributed by atoms with van der Waals surface area (Å²) in [6.07, 6.45) is -3.68. The summed E-state index contributed by atoms with van der Waals surface area (Å²) < 4.78 is 41.8. The van der Waals surface area contributed by atoms with E-state index in [0.717, 1.165) is 27.8 Å². The Morgan fingerprint density at radius 2 is 1.35 bits per heavy atom. The molecule has 1 N–H and O–H groups in total. The number of hydrazone groups is 1. The van der Waals surface area contributed by atoms with Crippen molar-refractivity contribution >= 4 is 34.2 Å². The lowest BCUT2D eigenvalue weighted by atomic mass is 10.1. The van der Waals surface area contributed by atoms with Gasteiger partial charge in [0, 0.05) is 28.8 Å². The van der Waals surface area contributed by atoms with Crippen molar-refractivity contribution in [3.63, 3.8) is 0 Å². The molecule has 9 nitrogen and oxygen atoms in total. The van der Waals surface area contributed by atoms with Crippen LogP contribution in [0.25, 0.3) is 27.8 Å². The fraction of sp³-hybridized carbons (Fsp3) is 0.0357. The molecular weight excluding hydrogens is 527 g/mol. The average Bonchev–Trinajstić information content (AvgIpc) is 3.27. The van der Waals surface area contributed by atoms with E-state index in [9.17, 15) is 33.4 Å². The van der Waals surface area contributed by atoms with Crippen LogP contribution in [0.2, 0.25) is 0 Å². The number of benzene rings is 4. The van der Waals surface area contributed by atoms with Crippen LogP contribution in [0, 0.1) is 20.2 Å². The van der Waals surface area contributed by atoms with E-state index in [1.165, 1.54) is 6.21 Å². The van der Waals surface area contributed by atoms with Crippen molar-refractivity contribution in [3.05, 3.63) is 128 Å². The number of fused-ring (bicyclic) bond motifs is 1. The van der Waals surface area contributed by atoms with E-state index in [2.05, 4.69) is 10.5 Å². The van der Waals surface area contributed by atoms with Crippen molar-refractivity contribution in [1.82, 2.24) is 4.57 Å². The van der Waals surface area contributed by atoms with Gasteiger partial charge in [0.05, 0.1) is 32.8 Å². The normalized spacial score (nSPS) is 11.7. The molecule has 1 aromatic heterocycles. The van der Waals surface area contributed by atoms with Gasteiger partial charge < -0.3 is 4.57 Å². The highest BCUT2D eigenvalue weighted by atomic mass is 19.4. The van der Waals surface area contributed by atoms with Crippen molar-refractivity contribution in [1.29, 1.82) is 0 Å². The second-order valence-electron chi connectivity index (χ2n) is 8.59. The van der Waals surface area contributed by atoms with E-state index in [0.29, 0.717) is 5.56 Å². The number of aromatic nitrogens is 1. The fourth-order valence-corrected chi connectivity index (χ4v) is 4.46. The number of hydrogen-bond donors (Lipinski definition) is 1. The molecule has 1 heterocycles. The highest BCUT2D eigenvalue weighted by Crippen LogP contribution is 2.41. The third kappa shape index (κ3) is 4.85. The molecule has 40 heavy (non-hydrogen) atoms. The standard InChI is InChI=1S/C28H18F3N5O4/c29-28(30,31)19-15-24(35(37)38)26(25(16-19)36(39)40)33-32-17-22-21-13-7-8-14-23(21)34(20-11-5-2-6-12-20)27(22)18-9-3-1-4-10-18/h1-17,33H/b32-17+. The van der Waals surface area contributed by atoms with Gasteiger partial charge in [-0.3, -0.25) is 25.7 Å². The zero-order chi connectivity index (χ0) is 28.4. The Labute approximate surface area is 224 Å². The molecule has 0 spiro atoms. The predicted octanol–water partition coefficient (Wildman–Crippen LogP) is 7.58. The Balaban J connectivity index is 1.70. The lowest BCUT2D eigenvalue weighted by Crippen LogP contribution is -2.09. The Kier molecular flexibility index (Phi) is 6.74. The van der Waals surface area contributed by atoms with E-state index >= 15 is 0 Å². The molecule has 4 aromatic carbocycles. The lowest BCUT2D eigenvalue weighted by molar-refractivity contribution is -0.392. The molecule has 0 aliphatic rings. The summed E-state index contributed by atoms with van der Waals surface area (Å²) in [4.78, 5) is 21.0. The van der Waals surface area contributed by atoms with Crippen molar-refractivity contribution in [2.24, 2.45) is 5.10 Å². The zero-order valence-electron chi connectivity index (χ0n) is 20.4. The van der Waals surface area contributed by atoms with Crippen molar-refractivity contribution in [2.75, 3.05) is 5.43 Å². The van der Waals surface area contributed by atoms with Gasteiger partial charge in [-0.2, -0.15) is 18.3 Å². The van der Waals surface area contributed by atoms with E-state index in [4.69, 9.17) is 0 Å². The number of hydrogen-bond acceptors (Lipinski definition) is 6. The highest BCUT2D eigenvalue weighted by Gasteiger charge is 2.37. The first kappa shape index (κ1) is 26.1. The van der Waals surface area contributed by atoms with Crippen molar-refractivity contribution in [2.45, 2.75) is 6.18 Å². The molecule has 0 saturated heterocycles. The SMILES string of the molecule is O=[N+]([O-])c1cc(C(F)(F)F)cc([N+](=O)[O-])c1N/N=C/c1c(-c2ccccc2)n(-c2ccccc2)c2ccccc12. The molecule has 0 fully saturated rings. The molecule has 0 bridgehead atoms. The van der Waals surface area contributed by atoms with Gasteiger partial charge in [0.1, 0.15) is 0 Å². The van der Waals surface area contributed by atoms with Gasteiger partial charge in [0.15, 0.2) is 0 Å². The van der Waals surface area contributed by atoms with Crippen LogP contribution >= 0.6 is 0 Å². The maximum atomic E-state index is 13.3. The van der Waals surface area contributed by atoms with Gasteiger partial charge in [-0.05, 0) is 23.8 Å². The van der Waals surface area contributed by atoms with Crippen LogP contribution in [0.1, 0.15) is 11.1 Å². The van der Waals surface area contributed by atoms with Crippen molar-refractivity contribution in [3.8, 4) is 16.9 Å². The van der Waals surface area contributed by atoms with Crippen LogP contribution in [-0.2, 0) is 6.18 Å². The third-order valence-corrected chi connectivity index (χ3v) is 6.16. The summed E-state index contributed by atoms with van der Waals surface area (Å²) in [5, 5.41) is 28.0. The second kappa shape index (κ2) is 10.3. The largest absolute Gasteiger partial charge is 0.416 e. The summed E-state index contributed by atoms with van der Waals surface area (Å²) in [6, 6.07) is 26.8. The number of para-hydroxylation sites is 2. The monoisotopic (exact) mass is 545 g/mol. The van der Waals surface area contributed by atoms with Crippen LogP contribution in [0.3, 0.4) is 0 Å². The summed E-state index contributed by atoms with van der Waals surface area (Å²) in [5.74, 6) is 0. The van der Waals surface area contributed by atoms with Gasteiger partial charge in [-0.25, -0.2) is 0 Å². The van der Waals surface area contributed by atoms with E-state index in [-0.39, 0.29) is 12.1 Å². The molecule has 0 aliphatic heterocycles. The van der Waals surface area contributed by atoms with Gasteiger partial charge in [-0.1, -0.05) is 66.7 Å². The summed E-state index contributed by atoms with van der Waals surface area (Å²) in [7, 11) is 0. The third-order valence-electron chi connectivity index (χ3n) is 6.16. The highest BCUT2D eigenvalue weighted by molar-refractivity contribution is 6.07. The maximum Gasteiger partial charge on any atom is 0.416 e. The molecule has 12 heteroatoms. The Morgan fingerprint density at radius 3 is 1.93 bits per heavy atom. The summed E-state index contributed by atoms with van der Waals surface area (Å²) >= 11 is 0. The fourth-order valence-electron chi connectivity index (χ4n) is 4.46. The molecule has 0 unspecified atom stereocenters. The first-order valence-corrected chi connectivity index (χ1v) is 11.7. The molecular formula is C28H18F3N5O4. The summed E-state index contributed by atoms with van der Waals surface area (Å²) in [5.41, 5.74) is 1.50. The molecule has 5 aromatic rings. The number of alkyl halides is 3. The van der Waals surface area contributed by atoms with Crippen LogP contribution in [0.5, 0.6) is 0 Å². The van der Waals surface area contributed by atoms with Gasteiger partial charge in [0.2, 0.25) is 5.69 Å². The zero-order valence-corrected chi connectivity index (χ0v) is 20.4. The van der Waals surface area contributed by atoms with Crippen LogP contribution in [0.4, 0.5) is 30.2 Å². The number of rotatable bonds is 7. The minimum Gasteiger partial charge on any atom is -0.309 e. The number of anilines is 1. The molecule has 0 radical (unpaired) electrons. The minimum atomic E-state index is -5.03. The van der Waals surface area contributed by atoms with Gasteiger partial charge >= 0.3 is 17.6 Å². The molecule has 0 amide bonds. The van der Waals surface area contributed by atoms with E-state index in [1.807, 2.05) is 89.5 Å². The van der Waals surface area contributed by atoms with Gasteiger partial charge in [0.25, 0.3) is 0 Å². The molecule has 200 valence electrons. The van der Waals surface area contributed by atoms with E-state index < -0.39 is 38.6 Å². The number of nitrogens with zero attached hydrogens (tertiary/aromatic N) is 4. The first-order chi connectivity index (χ1) is 19.2. The first-order valence-electron chi connectivity index (χ1n) is 11.7. The number of nitro groups is 2. The van der Waals surface area contributed by atoms with E-state index in [1.54, 1.807) is 0 Å². The molecule has 0 atom stereocenters. The topological polar surface area (TPSA) is 116 Å². The number of halogens is 3. The minimum absolute atomic E-state index is 0.238. The maximum absolute atomic E-state index is 13.3. The Bertz CT molecular complexity index is 1730. The second-order valence-corrected chi connectivity index (χ2v) is 8.59. The molecule has 5 rings (SSSR count). The smallest absolute Gasteiger partial charge is 0.309 e. The average molecular weight is 545 g/mol. The number of nitrogens with one attached hydrogen (secondary N) is 1. The van der Waals surface area contributed by atoms with Gasteiger partial charge in [-0.15, -0.1) is 0 Å². The Morgan fingerprint density at radius 1 is 0.800 bits per heavy atom. The molecule has 0 saturated carbocycles. The van der Waals surface area contributed by atoms with Crippen LogP contribution < -0.4 is 5.43 Å². The number of nitro benzene ring substituents is 2. The lowest BCUT2D eigenvalue weighted by Gasteiger charge is -2.12. The van der Waals surface area contributed by atoms with Crippen LogP contribution in [-0.4, -0.2) is 20.6 Å². The predicted molar refractivity (Wildman–Crippen MR) is 145 cm³/mol. The Hall–Kier alpha value is -5.52. The quantitative estimate of drug-likeness (QED) is 0.129.